The molecule has 0 aliphatic heterocycles. The zero-order valence-corrected chi connectivity index (χ0v) is 13.3. The number of nitrogens with one attached hydrogen (secondary N) is 1. The van der Waals surface area contributed by atoms with Crippen LogP contribution >= 0.6 is 27.5 Å². The highest BCUT2D eigenvalue weighted by molar-refractivity contribution is 9.10. The lowest BCUT2D eigenvalue weighted by atomic mass is 10.2. The highest BCUT2D eigenvalue weighted by atomic mass is 79.9. The number of ether oxygens (including phenoxy) is 2. The highest BCUT2D eigenvalue weighted by Crippen LogP contribution is 2.20. The Labute approximate surface area is 126 Å². The van der Waals surface area contributed by atoms with Crippen molar-refractivity contribution in [2.24, 2.45) is 0 Å². The third kappa shape index (κ3) is 5.48. The number of rotatable bonds is 7. The Morgan fingerprint density at radius 1 is 1.37 bits per heavy atom. The van der Waals surface area contributed by atoms with E-state index in [1.165, 1.54) is 0 Å². The molecule has 1 N–H and O–H groups in total. The first-order valence-corrected chi connectivity index (χ1v) is 7.22. The third-order valence-electron chi connectivity index (χ3n) is 2.31. The first-order valence-electron chi connectivity index (χ1n) is 6.04. The number of benzene rings is 1. The van der Waals surface area contributed by atoms with Crippen molar-refractivity contribution in [2.45, 2.75) is 20.1 Å². The Balaban J connectivity index is 2.61. The molecule has 0 unspecified atom stereocenters. The fraction of sp³-hybridized carbons (Fsp3) is 0.462. The summed E-state index contributed by atoms with van der Waals surface area (Å²) in [7, 11) is 0. The molecule has 0 aliphatic rings. The molecular formula is C13H17BrClNO3. The SMILES string of the molecule is CCOC(CNC(=O)c1cc(Br)ccc1Cl)OCC. The van der Waals surface area contributed by atoms with Gasteiger partial charge >= 0.3 is 0 Å². The van der Waals surface area contributed by atoms with Gasteiger partial charge in [0.2, 0.25) is 0 Å². The van der Waals surface area contributed by atoms with Crippen LogP contribution in [0.15, 0.2) is 22.7 Å². The van der Waals surface area contributed by atoms with Gasteiger partial charge in [0, 0.05) is 17.7 Å². The van der Waals surface area contributed by atoms with E-state index in [2.05, 4.69) is 21.2 Å². The Hall–Kier alpha value is -0.620. The van der Waals surface area contributed by atoms with E-state index in [-0.39, 0.29) is 12.5 Å². The van der Waals surface area contributed by atoms with Crippen molar-refractivity contribution >= 4 is 33.4 Å². The minimum Gasteiger partial charge on any atom is -0.351 e. The van der Waals surface area contributed by atoms with Gasteiger partial charge in [0.05, 0.1) is 17.1 Å². The zero-order chi connectivity index (χ0) is 14.3. The molecule has 19 heavy (non-hydrogen) atoms. The summed E-state index contributed by atoms with van der Waals surface area (Å²) < 4.78 is 11.5. The van der Waals surface area contributed by atoms with E-state index in [1.807, 2.05) is 13.8 Å². The number of amides is 1. The average Bonchev–Trinajstić information content (AvgIpc) is 2.39. The van der Waals surface area contributed by atoms with E-state index in [9.17, 15) is 4.79 Å². The molecule has 106 valence electrons. The van der Waals surface area contributed by atoms with E-state index in [0.29, 0.717) is 23.8 Å². The van der Waals surface area contributed by atoms with Crippen LogP contribution in [0.25, 0.3) is 0 Å². The third-order valence-corrected chi connectivity index (χ3v) is 3.13. The van der Waals surface area contributed by atoms with Crippen LogP contribution in [0.2, 0.25) is 5.02 Å². The van der Waals surface area contributed by atoms with Crippen LogP contribution in [0.4, 0.5) is 0 Å². The van der Waals surface area contributed by atoms with Gasteiger partial charge in [-0.05, 0) is 32.0 Å². The second kappa shape index (κ2) is 8.53. The lowest BCUT2D eigenvalue weighted by Crippen LogP contribution is -2.35. The highest BCUT2D eigenvalue weighted by Gasteiger charge is 2.14. The summed E-state index contributed by atoms with van der Waals surface area (Å²) in [6.07, 6.45) is -0.440. The van der Waals surface area contributed by atoms with E-state index in [1.54, 1.807) is 18.2 Å². The van der Waals surface area contributed by atoms with Crippen molar-refractivity contribution in [3.8, 4) is 0 Å². The molecule has 0 bridgehead atoms. The van der Waals surface area contributed by atoms with Crippen molar-refractivity contribution in [3.05, 3.63) is 33.3 Å². The van der Waals surface area contributed by atoms with Gasteiger partial charge in [-0.2, -0.15) is 0 Å². The van der Waals surface area contributed by atoms with E-state index in [4.69, 9.17) is 21.1 Å². The summed E-state index contributed by atoms with van der Waals surface area (Å²) in [6, 6.07) is 5.12. The van der Waals surface area contributed by atoms with Crippen LogP contribution in [-0.4, -0.2) is 32.0 Å². The predicted molar refractivity (Wildman–Crippen MR) is 78.5 cm³/mol. The molecule has 1 amide bonds. The molecule has 0 radical (unpaired) electrons. The van der Waals surface area contributed by atoms with Gasteiger partial charge in [0.25, 0.3) is 5.91 Å². The van der Waals surface area contributed by atoms with Crippen molar-refractivity contribution in [1.29, 1.82) is 0 Å². The van der Waals surface area contributed by atoms with Gasteiger partial charge in [-0.25, -0.2) is 0 Å². The molecule has 1 aromatic rings. The smallest absolute Gasteiger partial charge is 0.253 e. The maximum absolute atomic E-state index is 12.0. The molecule has 0 atom stereocenters. The molecule has 0 saturated heterocycles. The van der Waals surface area contributed by atoms with Gasteiger partial charge in [-0.1, -0.05) is 27.5 Å². The maximum atomic E-state index is 12.0. The standard InChI is InChI=1S/C13H17BrClNO3/c1-3-18-12(19-4-2)8-16-13(17)10-7-9(14)5-6-11(10)15/h5-7,12H,3-4,8H2,1-2H3,(H,16,17). The quantitative estimate of drug-likeness (QED) is 0.768. The molecule has 6 heteroatoms. The first-order chi connectivity index (χ1) is 9.08. The van der Waals surface area contributed by atoms with Crippen LogP contribution in [0.3, 0.4) is 0 Å². The molecule has 0 saturated carbocycles. The Kier molecular flexibility index (Phi) is 7.38. The van der Waals surface area contributed by atoms with E-state index < -0.39 is 6.29 Å². The van der Waals surface area contributed by atoms with Gasteiger partial charge in [-0.15, -0.1) is 0 Å². The van der Waals surface area contributed by atoms with Gasteiger partial charge in [0.15, 0.2) is 6.29 Å². The number of hydrogen-bond acceptors (Lipinski definition) is 3. The zero-order valence-electron chi connectivity index (χ0n) is 10.9. The molecule has 0 heterocycles. The van der Waals surface area contributed by atoms with Gasteiger partial charge < -0.3 is 14.8 Å². The Morgan fingerprint density at radius 3 is 2.58 bits per heavy atom. The van der Waals surface area contributed by atoms with Crippen molar-refractivity contribution in [3.63, 3.8) is 0 Å². The molecule has 4 nitrogen and oxygen atoms in total. The summed E-state index contributed by atoms with van der Waals surface area (Å²) in [5.74, 6) is -0.254. The fourth-order valence-corrected chi connectivity index (χ4v) is 2.04. The summed E-state index contributed by atoms with van der Waals surface area (Å²) in [5.41, 5.74) is 0.419. The second-order valence-corrected chi connectivity index (χ2v) is 5.00. The monoisotopic (exact) mass is 349 g/mol. The topological polar surface area (TPSA) is 47.6 Å². The molecule has 0 fully saturated rings. The Morgan fingerprint density at radius 2 is 2.00 bits per heavy atom. The summed E-state index contributed by atoms with van der Waals surface area (Å²) >= 11 is 9.29. The first kappa shape index (κ1) is 16.4. The molecule has 0 aromatic heterocycles. The average molecular weight is 351 g/mol. The number of halogens is 2. The second-order valence-electron chi connectivity index (χ2n) is 3.67. The van der Waals surface area contributed by atoms with Crippen molar-refractivity contribution < 1.29 is 14.3 Å². The van der Waals surface area contributed by atoms with E-state index >= 15 is 0 Å². The van der Waals surface area contributed by atoms with Crippen LogP contribution in [0, 0.1) is 0 Å². The molecule has 1 rings (SSSR count). The summed E-state index contributed by atoms with van der Waals surface area (Å²) in [4.78, 5) is 12.0. The van der Waals surface area contributed by atoms with Crippen LogP contribution in [-0.2, 0) is 9.47 Å². The lowest BCUT2D eigenvalue weighted by Gasteiger charge is -2.17. The lowest BCUT2D eigenvalue weighted by molar-refractivity contribution is -0.131. The minimum absolute atomic E-state index is 0.254. The normalized spacial score (nSPS) is 10.8. The van der Waals surface area contributed by atoms with Gasteiger partial charge in [0.1, 0.15) is 0 Å². The minimum atomic E-state index is -0.440. The predicted octanol–water partition coefficient (Wildman–Crippen LogP) is 3.23. The van der Waals surface area contributed by atoms with Crippen LogP contribution in [0.1, 0.15) is 24.2 Å². The molecular weight excluding hydrogens is 334 g/mol. The van der Waals surface area contributed by atoms with Crippen molar-refractivity contribution in [1.82, 2.24) is 5.32 Å². The van der Waals surface area contributed by atoms with Gasteiger partial charge in [-0.3, -0.25) is 4.79 Å². The number of hydrogen-bond donors (Lipinski definition) is 1. The summed E-state index contributed by atoms with van der Waals surface area (Å²) in [6.45, 7) is 5.08. The van der Waals surface area contributed by atoms with Crippen LogP contribution in [0.5, 0.6) is 0 Å². The number of carbonyl (C=O) groups is 1. The maximum Gasteiger partial charge on any atom is 0.253 e. The van der Waals surface area contributed by atoms with Crippen molar-refractivity contribution in [2.75, 3.05) is 19.8 Å². The largest absolute Gasteiger partial charge is 0.351 e. The van der Waals surface area contributed by atoms with E-state index in [0.717, 1.165) is 4.47 Å². The molecule has 0 spiro atoms. The number of carbonyl (C=O) groups excluding carboxylic acids is 1. The fourth-order valence-electron chi connectivity index (χ4n) is 1.48. The molecule has 1 aromatic carbocycles. The Bertz CT molecular complexity index is 422. The van der Waals surface area contributed by atoms with Crippen LogP contribution < -0.4 is 5.32 Å². The molecule has 0 aliphatic carbocycles. The summed E-state index contributed by atoms with van der Waals surface area (Å²) in [5, 5.41) is 3.15.